The summed E-state index contributed by atoms with van der Waals surface area (Å²) >= 11 is 0. The van der Waals surface area contributed by atoms with Crippen LogP contribution in [0.5, 0.6) is 5.75 Å². The van der Waals surface area contributed by atoms with Gasteiger partial charge in [-0.2, -0.15) is 0 Å². The molecular formula is C10H10F2N2O2. The van der Waals surface area contributed by atoms with Gasteiger partial charge in [-0.25, -0.2) is 8.78 Å². The van der Waals surface area contributed by atoms with E-state index < -0.39 is 23.6 Å². The smallest absolute Gasteiger partial charge is 0.269 e. The Morgan fingerprint density at radius 3 is 2.81 bits per heavy atom. The van der Waals surface area contributed by atoms with Gasteiger partial charge in [0.2, 0.25) is 0 Å². The largest absolute Gasteiger partial charge is 0.474 e. The number of likely N-dealkylation sites (N-methyl/N-ethyl adjacent to an activating group) is 1. The molecule has 0 radical (unpaired) electrons. The number of fused-ring (bicyclic) bond motifs is 1. The van der Waals surface area contributed by atoms with Crippen LogP contribution < -0.4 is 15.4 Å². The second kappa shape index (κ2) is 3.71. The predicted octanol–water partition coefficient (Wildman–Crippen LogP) is 0.647. The molecule has 86 valence electrons. The van der Waals surface area contributed by atoms with Crippen LogP contribution in [0.1, 0.15) is 0 Å². The zero-order chi connectivity index (χ0) is 11.9. The van der Waals surface area contributed by atoms with Crippen molar-refractivity contribution in [1.82, 2.24) is 0 Å². The first kappa shape index (κ1) is 10.8. The molecule has 1 aliphatic heterocycles. The first-order valence-electron chi connectivity index (χ1n) is 4.68. The van der Waals surface area contributed by atoms with Crippen LogP contribution in [-0.4, -0.2) is 25.6 Å². The van der Waals surface area contributed by atoms with Crippen LogP contribution in [0.25, 0.3) is 0 Å². The number of nitrogens with zero attached hydrogens (tertiary/aromatic N) is 1. The van der Waals surface area contributed by atoms with E-state index in [0.717, 1.165) is 11.0 Å². The lowest BCUT2D eigenvalue weighted by Crippen LogP contribution is -2.47. The zero-order valence-corrected chi connectivity index (χ0v) is 8.54. The molecule has 6 heteroatoms. The first-order chi connectivity index (χ1) is 7.54. The van der Waals surface area contributed by atoms with E-state index in [1.807, 2.05) is 0 Å². The Morgan fingerprint density at radius 1 is 1.50 bits per heavy atom. The van der Waals surface area contributed by atoms with Crippen LogP contribution >= 0.6 is 0 Å². The molecule has 1 aromatic rings. The number of hydrogen-bond donors (Lipinski definition) is 1. The van der Waals surface area contributed by atoms with Crippen molar-refractivity contribution in [2.24, 2.45) is 5.73 Å². The fourth-order valence-electron chi connectivity index (χ4n) is 1.59. The summed E-state index contributed by atoms with van der Waals surface area (Å²) in [7, 11) is 1.42. The molecule has 2 rings (SSSR count). The molecule has 0 aliphatic carbocycles. The molecule has 0 fully saturated rings. The summed E-state index contributed by atoms with van der Waals surface area (Å²) in [6.07, 6.45) is -0.919. The Morgan fingerprint density at radius 2 is 2.19 bits per heavy atom. The van der Waals surface area contributed by atoms with Gasteiger partial charge in [0.15, 0.2) is 17.7 Å². The molecule has 1 aliphatic rings. The van der Waals surface area contributed by atoms with E-state index in [4.69, 9.17) is 10.5 Å². The van der Waals surface area contributed by atoms with E-state index in [9.17, 15) is 13.6 Å². The van der Waals surface area contributed by atoms with Crippen molar-refractivity contribution in [3.63, 3.8) is 0 Å². The lowest BCUT2D eigenvalue weighted by atomic mass is 10.2. The van der Waals surface area contributed by atoms with Gasteiger partial charge >= 0.3 is 0 Å². The summed E-state index contributed by atoms with van der Waals surface area (Å²) in [4.78, 5) is 12.8. The molecule has 1 amide bonds. The van der Waals surface area contributed by atoms with Crippen molar-refractivity contribution in [2.75, 3.05) is 18.5 Å². The minimum absolute atomic E-state index is 0.0561. The molecule has 1 heterocycles. The Bertz CT molecular complexity index is 451. The summed E-state index contributed by atoms with van der Waals surface area (Å²) in [5.74, 6) is -2.16. The average molecular weight is 228 g/mol. The van der Waals surface area contributed by atoms with E-state index in [2.05, 4.69) is 0 Å². The third kappa shape index (κ3) is 1.51. The maximum atomic E-state index is 13.4. The van der Waals surface area contributed by atoms with E-state index in [-0.39, 0.29) is 18.0 Å². The zero-order valence-electron chi connectivity index (χ0n) is 8.54. The van der Waals surface area contributed by atoms with Crippen molar-refractivity contribution in [3.8, 4) is 5.75 Å². The number of carbonyl (C=O) groups is 1. The standard InChI is InChI=1S/C10H10F2N2O2/c1-14-7-3-5(11)2-6(12)9(7)16-8(4-13)10(14)15/h2-3,8H,4,13H2,1H3. The van der Waals surface area contributed by atoms with Gasteiger partial charge in [-0.3, -0.25) is 4.79 Å². The van der Waals surface area contributed by atoms with E-state index in [0.29, 0.717) is 6.07 Å². The molecule has 0 bridgehead atoms. The van der Waals surface area contributed by atoms with Gasteiger partial charge < -0.3 is 15.4 Å². The highest BCUT2D eigenvalue weighted by Crippen LogP contribution is 2.36. The minimum atomic E-state index is -0.919. The number of amides is 1. The Kier molecular flexibility index (Phi) is 2.51. The second-order valence-corrected chi connectivity index (χ2v) is 3.48. The maximum Gasteiger partial charge on any atom is 0.269 e. The summed E-state index contributed by atoms with van der Waals surface area (Å²) in [5.41, 5.74) is 5.40. The number of rotatable bonds is 1. The third-order valence-electron chi connectivity index (χ3n) is 2.43. The summed E-state index contributed by atoms with van der Waals surface area (Å²) < 4.78 is 31.5. The highest BCUT2D eigenvalue weighted by atomic mass is 19.1. The van der Waals surface area contributed by atoms with Crippen LogP contribution in [0, 0.1) is 11.6 Å². The quantitative estimate of drug-likeness (QED) is 0.767. The fraction of sp³-hybridized carbons (Fsp3) is 0.300. The summed E-state index contributed by atoms with van der Waals surface area (Å²) in [5, 5.41) is 0. The Balaban J connectivity index is 2.54. The van der Waals surface area contributed by atoms with Crippen LogP contribution in [0.3, 0.4) is 0 Å². The topological polar surface area (TPSA) is 55.6 Å². The van der Waals surface area contributed by atoms with Crippen molar-refractivity contribution in [3.05, 3.63) is 23.8 Å². The highest BCUT2D eigenvalue weighted by molar-refractivity contribution is 5.99. The van der Waals surface area contributed by atoms with Gasteiger partial charge in [-0.05, 0) is 0 Å². The number of halogens is 2. The summed E-state index contributed by atoms with van der Waals surface area (Å²) in [6, 6.07) is 1.75. The lowest BCUT2D eigenvalue weighted by molar-refractivity contribution is -0.125. The molecule has 0 aromatic heterocycles. The minimum Gasteiger partial charge on any atom is -0.474 e. The molecule has 1 unspecified atom stereocenters. The molecular weight excluding hydrogens is 218 g/mol. The second-order valence-electron chi connectivity index (χ2n) is 3.48. The van der Waals surface area contributed by atoms with Gasteiger partial charge in [-0.15, -0.1) is 0 Å². The molecule has 0 saturated carbocycles. The lowest BCUT2D eigenvalue weighted by Gasteiger charge is -2.31. The Labute approximate surface area is 90.6 Å². The molecule has 0 spiro atoms. The van der Waals surface area contributed by atoms with Gasteiger partial charge in [-0.1, -0.05) is 0 Å². The molecule has 2 N–H and O–H groups in total. The SMILES string of the molecule is CN1C(=O)C(CN)Oc2c(F)cc(F)cc21. The van der Waals surface area contributed by atoms with Crippen molar-refractivity contribution < 1.29 is 18.3 Å². The first-order valence-corrected chi connectivity index (χ1v) is 4.68. The number of anilines is 1. The maximum absolute atomic E-state index is 13.4. The van der Waals surface area contributed by atoms with Crippen LogP contribution in [-0.2, 0) is 4.79 Å². The third-order valence-corrected chi connectivity index (χ3v) is 2.43. The van der Waals surface area contributed by atoms with Crippen molar-refractivity contribution >= 4 is 11.6 Å². The van der Waals surface area contributed by atoms with Crippen LogP contribution in [0.2, 0.25) is 0 Å². The van der Waals surface area contributed by atoms with E-state index >= 15 is 0 Å². The average Bonchev–Trinajstić information content (AvgIpc) is 2.24. The van der Waals surface area contributed by atoms with Crippen LogP contribution in [0.4, 0.5) is 14.5 Å². The van der Waals surface area contributed by atoms with Crippen molar-refractivity contribution in [2.45, 2.75) is 6.10 Å². The summed E-state index contributed by atoms with van der Waals surface area (Å²) in [6.45, 7) is -0.0561. The van der Waals surface area contributed by atoms with Gasteiger partial charge in [0.25, 0.3) is 5.91 Å². The Hall–Kier alpha value is -1.69. The molecule has 0 saturated heterocycles. The molecule has 16 heavy (non-hydrogen) atoms. The fourth-order valence-corrected chi connectivity index (χ4v) is 1.59. The highest BCUT2D eigenvalue weighted by Gasteiger charge is 2.33. The number of benzene rings is 1. The van der Waals surface area contributed by atoms with Crippen LogP contribution in [0.15, 0.2) is 12.1 Å². The predicted molar refractivity (Wildman–Crippen MR) is 53.2 cm³/mol. The molecule has 1 atom stereocenters. The number of carbonyl (C=O) groups excluding carboxylic acids is 1. The monoisotopic (exact) mass is 228 g/mol. The molecule has 1 aromatic carbocycles. The normalized spacial score (nSPS) is 19.4. The number of hydrogen-bond acceptors (Lipinski definition) is 3. The van der Waals surface area contributed by atoms with Gasteiger partial charge in [0, 0.05) is 25.7 Å². The van der Waals surface area contributed by atoms with Crippen molar-refractivity contribution in [1.29, 1.82) is 0 Å². The number of nitrogens with two attached hydrogens (primary N) is 1. The van der Waals surface area contributed by atoms with E-state index in [1.165, 1.54) is 7.05 Å². The van der Waals surface area contributed by atoms with Gasteiger partial charge in [0.1, 0.15) is 5.82 Å². The van der Waals surface area contributed by atoms with Gasteiger partial charge in [0.05, 0.1) is 5.69 Å². The number of ether oxygens (including phenoxy) is 1. The molecule has 4 nitrogen and oxygen atoms in total. The van der Waals surface area contributed by atoms with E-state index in [1.54, 1.807) is 0 Å².